The normalized spacial score (nSPS) is 12.2. The summed E-state index contributed by atoms with van der Waals surface area (Å²) < 4.78 is 17.8. The highest BCUT2D eigenvalue weighted by atomic mass is 35.5. The molecule has 0 heterocycles. The molecule has 17 heavy (non-hydrogen) atoms. The summed E-state index contributed by atoms with van der Waals surface area (Å²) in [6.45, 7) is -0.455. The minimum absolute atomic E-state index is 0.00587. The van der Waals surface area contributed by atoms with Crippen LogP contribution in [-0.4, -0.2) is 31.3 Å². The van der Waals surface area contributed by atoms with Gasteiger partial charge in [0.15, 0.2) is 0 Å². The average Bonchev–Trinajstić information content (AvgIpc) is 2.30. The molecule has 2 N–H and O–H groups in total. The lowest BCUT2D eigenvalue weighted by atomic mass is 10.1. The van der Waals surface area contributed by atoms with Crippen LogP contribution in [0.5, 0.6) is 0 Å². The van der Waals surface area contributed by atoms with Crippen LogP contribution >= 0.6 is 11.6 Å². The molecule has 1 aromatic rings. The van der Waals surface area contributed by atoms with Crippen molar-refractivity contribution < 1.29 is 19.0 Å². The van der Waals surface area contributed by atoms with Crippen LogP contribution in [0.1, 0.15) is 11.6 Å². The number of hydrogen-bond acceptors (Lipinski definition) is 3. The van der Waals surface area contributed by atoms with Gasteiger partial charge in [0.2, 0.25) is 5.91 Å². The Balaban J connectivity index is 2.79. The van der Waals surface area contributed by atoms with E-state index in [2.05, 4.69) is 10.1 Å². The zero-order valence-electron chi connectivity index (χ0n) is 9.24. The van der Waals surface area contributed by atoms with Crippen LogP contribution in [0.3, 0.4) is 0 Å². The van der Waals surface area contributed by atoms with Crippen LogP contribution in [-0.2, 0) is 9.53 Å². The lowest BCUT2D eigenvalue weighted by molar-refractivity contribution is -0.125. The second-order valence-electron chi connectivity index (χ2n) is 3.41. The van der Waals surface area contributed by atoms with E-state index in [0.29, 0.717) is 5.56 Å². The molecule has 0 saturated heterocycles. The fraction of sp³-hybridized carbons (Fsp3) is 0.364. The molecule has 0 bridgehead atoms. The molecule has 0 saturated carbocycles. The number of ether oxygens (including phenoxy) is 1. The molecule has 0 aliphatic rings. The van der Waals surface area contributed by atoms with Crippen LogP contribution in [0.15, 0.2) is 18.2 Å². The van der Waals surface area contributed by atoms with Crippen LogP contribution in [0.4, 0.5) is 4.39 Å². The van der Waals surface area contributed by atoms with Gasteiger partial charge in [-0.2, -0.15) is 0 Å². The van der Waals surface area contributed by atoms with Crippen molar-refractivity contribution in [1.82, 2.24) is 5.32 Å². The Morgan fingerprint density at radius 2 is 2.35 bits per heavy atom. The fourth-order valence-electron chi connectivity index (χ4n) is 1.33. The maximum Gasteiger partial charge on any atom is 0.246 e. The molecule has 0 fully saturated rings. The highest BCUT2D eigenvalue weighted by Gasteiger charge is 2.14. The minimum atomic E-state index is -0.676. The highest BCUT2D eigenvalue weighted by molar-refractivity contribution is 6.30. The Morgan fingerprint density at radius 1 is 1.65 bits per heavy atom. The number of benzene rings is 1. The molecule has 4 nitrogen and oxygen atoms in total. The summed E-state index contributed by atoms with van der Waals surface area (Å²) >= 11 is 5.54. The van der Waals surface area contributed by atoms with Gasteiger partial charge >= 0.3 is 0 Å². The van der Waals surface area contributed by atoms with Crippen molar-refractivity contribution in [2.45, 2.75) is 6.04 Å². The average molecular weight is 262 g/mol. The Kier molecular flexibility index (Phi) is 5.34. The molecule has 0 aliphatic heterocycles. The van der Waals surface area contributed by atoms with Crippen molar-refractivity contribution in [1.29, 1.82) is 0 Å². The summed E-state index contributed by atoms with van der Waals surface area (Å²) in [7, 11) is 1.38. The second-order valence-corrected chi connectivity index (χ2v) is 3.82. The smallest absolute Gasteiger partial charge is 0.246 e. The molecule has 1 unspecified atom stereocenters. The van der Waals surface area contributed by atoms with Crippen LogP contribution in [0.2, 0.25) is 5.02 Å². The number of methoxy groups -OCH3 is 1. The number of aliphatic hydroxyl groups is 1. The number of carbonyl (C=O) groups excluding carboxylic acids is 1. The number of rotatable bonds is 5. The van der Waals surface area contributed by atoms with E-state index in [1.165, 1.54) is 19.2 Å². The zero-order chi connectivity index (χ0) is 12.8. The number of halogens is 2. The van der Waals surface area contributed by atoms with E-state index in [1.54, 1.807) is 6.07 Å². The largest absolute Gasteiger partial charge is 0.394 e. The second kappa shape index (κ2) is 6.54. The first-order valence-corrected chi connectivity index (χ1v) is 5.30. The lowest BCUT2D eigenvalue weighted by Crippen LogP contribution is -2.33. The van der Waals surface area contributed by atoms with Crippen LogP contribution in [0, 0.1) is 5.82 Å². The molecule has 0 aromatic heterocycles. The topological polar surface area (TPSA) is 58.6 Å². The molecule has 1 rings (SSSR count). The standard InChI is InChI=1S/C11H13ClFNO3/c1-17-6-11(16)14-10(5-15)7-2-3-8(12)9(13)4-7/h2-4,10,15H,5-6H2,1H3,(H,14,16). The summed E-state index contributed by atoms with van der Waals surface area (Å²) in [6.07, 6.45) is 0. The first kappa shape index (κ1) is 13.9. The molecular formula is C11H13ClFNO3. The molecule has 0 spiro atoms. The third-order valence-electron chi connectivity index (χ3n) is 2.14. The predicted octanol–water partition coefficient (Wildman–Crippen LogP) is 1.28. The van der Waals surface area contributed by atoms with Gasteiger partial charge in [-0.3, -0.25) is 4.79 Å². The van der Waals surface area contributed by atoms with E-state index in [-0.39, 0.29) is 24.1 Å². The van der Waals surface area contributed by atoms with Gasteiger partial charge in [-0.05, 0) is 17.7 Å². The van der Waals surface area contributed by atoms with Gasteiger partial charge in [-0.15, -0.1) is 0 Å². The van der Waals surface area contributed by atoms with E-state index >= 15 is 0 Å². The Hall–Kier alpha value is -1.17. The molecule has 6 heteroatoms. The fourth-order valence-corrected chi connectivity index (χ4v) is 1.45. The van der Waals surface area contributed by atoms with Gasteiger partial charge in [-0.25, -0.2) is 4.39 Å². The molecular weight excluding hydrogens is 249 g/mol. The third-order valence-corrected chi connectivity index (χ3v) is 2.45. The number of nitrogens with one attached hydrogen (secondary N) is 1. The van der Waals surface area contributed by atoms with Crippen molar-refractivity contribution in [2.24, 2.45) is 0 Å². The Bertz CT molecular complexity index is 400. The summed E-state index contributed by atoms with van der Waals surface area (Å²) in [5, 5.41) is 11.6. The molecule has 0 radical (unpaired) electrons. The van der Waals surface area contributed by atoms with Gasteiger partial charge in [0.25, 0.3) is 0 Å². The maximum absolute atomic E-state index is 13.2. The van der Waals surface area contributed by atoms with Crippen molar-refractivity contribution in [3.63, 3.8) is 0 Å². The number of carbonyl (C=O) groups is 1. The van der Waals surface area contributed by atoms with Crippen molar-refractivity contribution in [3.8, 4) is 0 Å². The van der Waals surface area contributed by atoms with Gasteiger partial charge in [-0.1, -0.05) is 17.7 Å². The first-order chi connectivity index (χ1) is 8.08. The van der Waals surface area contributed by atoms with E-state index in [4.69, 9.17) is 16.7 Å². The van der Waals surface area contributed by atoms with Crippen molar-refractivity contribution in [3.05, 3.63) is 34.6 Å². The molecule has 0 aliphatic carbocycles. The Labute approximate surface area is 103 Å². The van der Waals surface area contributed by atoms with E-state index in [9.17, 15) is 9.18 Å². The third kappa shape index (κ3) is 3.96. The highest BCUT2D eigenvalue weighted by Crippen LogP contribution is 2.20. The summed E-state index contributed by atoms with van der Waals surface area (Å²) in [5.41, 5.74) is 0.443. The van der Waals surface area contributed by atoms with E-state index in [0.717, 1.165) is 0 Å². The molecule has 1 amide bonds. The van der Waals surface area contributed by atoms with Gasteiger partial charge in [0.1, 0.15) is 12.4 Å². The first-order valence-electron chi connectivity index (χ1n) is 4.92. The van der Waals surface area contributed by atoms with E-state index < -0.39 is 11.9 Å². The maximum atomic E-state index is 13.2. The van der Waals surface area contributed by atoms with Gasteiger partial charge in [0.05, 0.1) is 17.7 Å². The molecule has 1 aromatic carbocycles. The SMILES string of the molecule is COCC(=O)NC(CO)c1ccc(Cl)c(F)c1. The number of aliphatic hydroxyl groups excluding tert-OH is 1. The quantitative estimate of drug-likeness (QED) is 0.839. The Morgan fingerprint density at radius 3 is 2.88 bits per heavy atom. The van der Waals surface area contributed by atoms with Crippen molar-refractivity contribution in [2.75, 3.05) is 20.3 Å². The molecule has 94 valence electrons. The number of hydrogen-bond donors (Lipinski definition) is 2. The lowest BCUT2D eigenvalue weighted by Gasteiger charge is -2.16. The van der Waals surface area contributed by atoms with Gasteiger partial charge in [0, 0.05) is 7.11 Å². The number of amides is 1. The summed E-state index contributed by atoms with van der Waals surface area (Å²) in [4.78, 5) is 11.3. The minimum Gasteiger partial charge on any atom is -0.394 e. The van der Waals surface area contributed by atoms with Crippen LogP contribution < -0.4 is 5.32 Å². The van der Waals surface area contributed by atoms with Gasteiger partial charge < -0.3 is 15.2 Å². The monoisotopic (exact) mass is 261 g/mol. The van der Waals surface area contributed by atoms with Crippen LogP contribution in [0.25, 0.3) is 0 Å². The molecule has 1 atom stereocenters. The zero-order valence-corrected chi connectivity index (χ0v) is 10.00. The van der Waals surface area contributed by atoms with Crippen molar-refractivity contribution >= 4 is 17.5 Å². The predicted molar refractivity (Wildman–Crippen MR) is 61.3 cm³/mol. The summed E-state index contributed by atoms with van der Waals surface area (Å²) in [5.74, 6) is -0.981. The van der Waals surface area contributed by atoms with E-state index in [1.807, 2.05) is 0 Å². The summed E-state index contributed by atoms with van der Waals surface area (Å²) in [6, 6.07) is 3.41.